The fourth-order valence-corrected chi connectivity index (χ4v) is 4.89. The van der Waals surface area contributed by atoms with E-state index in [1.165, 1.54) is 49.0 Å². The largest absolute Gasteiger partial charge is 0.309 e. The van der Waals surface area contributed by atoms with Crippen molar-refractivity contribution in [2.45, 2.75) is 54.2 Å². The second kappa shape index (κ2) is 6.07. The van der Waals surface area contributed by atoms with Gasteiger partial charge in [-0.2, -0.15) is 0 Å². The van der Waals surface area contributed by atoms with Crippen LogP contribution in [0.5, 0.6) is 0 Å². The van der Waals surface area contributed by atoms with Gasteiger partial charge in [0.25, 0.3) is 0 Å². The topological polar surface area (TPSA) is 12.0 Å². The van der Waals surface area contributed by atoms with E-state index in [2.05, 4.69) is 29.6 Å². The second-order valence-electron chi connectivity index (χ2n) is 5.91. The lowest BCUT2D eigenvalue weighted by Gasteiger charge is -2.37. The number of alkyl halides is 1. The lowest BCUT2D eigenvalue weighted by molar-refractivity contribution is 0.259. The first-order chi connectivity index (χ1) is 9.31. The smallest absolute Gasteiger partial charge is 0.0406 e. The maximum atomic E-state index is 6.24. The van der Waals surface area contributed by atoms with Crippen molar-refractivity contribution < 1.29 is 0 Å². The molecule has 104 valence electrons. The van der Waals surface area contributed by atoms with E-state index >= 15 is 0 Å². The van der Waals surface area contributed by atoms with E-state index < -0.39 is 0 Å². The first kappa shape index (κ1) is 13.8. The van der Waals surface area contributed by atoms with Gasteiger partial charge >= 0.3 is 0 Å². The lowest BCUT2D eigenvalue weighted by Crippen LogP contribution is -2.50. The molecule has 0 saturated heterocycles. The highest BCUT2D eigenvalue weighted by Crippen LogP contribution is 2.37. The highest BCUT2D eigenvalue weighted by molar-refractivity contribution is 8.00. The molecule has 1 atom stereocenters. The van der Waals surface area contributed by atoms with E-state index in [9.17, 15) is 0 Å². The SMILES string of the molecule is ClCC1(NCC2Cc3ccccc3S2)CCCCC1. The summed E-state index contributed by atoms with van der Waals surface area (Å²) in [6.45, 7) is 1.09. The Morgan fingerprint density at radius 3 is 2.74 bits per heavy atom. The van der Waals surface area contributed by atoms with Gasteiger partial charge in [0.2, 0.25) is 0 Å². The molecule has 1 N–H and O–H groups in total. The Balaban J connectivity index is 1.56. The molecule has 1 aromatic carbocycles. The number of rotatable bonds is 4. The molecular weight excluding hydrogens is 274 g/mol. The van der Waals surface area contributed by atoms with E-state index in [-0.39, 0.29) is 5.54 Å². The van der Waals surface area contributed by atoms with Crippen molar-refractivity contribution in [3.8, 4) is 0 Å². The number of nitrogens with one attached hydrogen (secondary N) is 1. The molecule has 0 amide bonds. The molecule has 1 nitrogen and oxygen atoms in total. The summed E-state index contributed by atoms with van der Waals surface area (Å²) in [5.74, 6) is 0.761. The fourth-order valence-electron chi connectivity index (χ4n) is 3.28. The molecule has 1 fully saturated rings. The molecule has 0 radical (unpaired) electrons. The summed E-state index contributed by atoms with van der Waals surface area (Å²) in [5.41, 5.74) is 1.73. The summed E-state index contributed by atoms with van der Waals surface area (Å²) >= 11 is 8.27. The van der Waals surface area contributed by atoms with Crippen LogP contribution in [0, 0.1) is 0 Å². The van der Waals surface area contributed by atoms with Crippen LogP contribution >= 0.6 is 23.4 Å². The average molecular weight is 296 g/mol. The lowest BCUT2D eigenvalue weighted by atomic mass is 9.83. The average Bonchev–Trinajstić information content (AvgIpc) is 2.89. The van der Waals surface area contributed by atoms with Crippen LogP contribution in [-0.2, 0) is 6.42 Å². The van der Waals surface area contributed by atoms with Crippen LogP contribution in [0.3, 0.4) is 0 Å². The minimum Gasteiger partial charge on any atom is -0.309 e. The third-order valence-corrected chi connectivity index (χ3v) is 6.32. The number of hydrogen-bond acceptors (Lipinski definition) is 2. The number of hydrogen-bond donors (Lipinski definition) is 1. The quantitative estimate of drug-likeness (QED) is 0.834. The number of halogens is 1. The van der Waals surface area contributed by atoms with Gasteiger partial charge in [-0.05, 0) is 30.9 Å². The van der Waals surface area contributed by atoms with Gasteiger partial charge in [-0.15, -0.1) is 23.4 Å². The van der Waals surface area contributed by atoms with Crippen LogP contribution in [0.25, 0.3) is 0 Å². The zero-order valence-corrected chi connectivity index (χ0v) is 12.9. The highest BCUT2D eigenvalue weighted by Gasteiger charge is 2.32. The van der Waals surface area contributed by atoms with Gasteiger partial charge in [-0.1, -0.05) is 37.5 Å². The summed E-state index contributed by atoms with van der Waals surface area (Å²) in [4.78, 5) is 1.47. The second-order valence-corrected chi connectivity index (χ2v) is 7.52. The summed E-state index contributed by atoms with van der Waals surface area (Å²) < 4.78 is 0. The maximum absolute atomic E-state index is 6.24. The molecule has 3 heteroatoms. The van der Waals surface area contributed by atoms with E-state index in [0.29, 0.717) is 5.25 Å². The van der Waals surface area contributed by atoms with Crippen LogP contribution in [0.2, 0.25) is 0 Å². The third kappa shape index (κ3) is 3.12. The molecule has 0 aromatic heterocycles. The molecule has 0 bridgehead atoms. The molecule has 3 rings (SSSR count). The molecular formula is C16H22ClNS. The fraction of sp³-hybridized carbons (Fsp3) is 0.625. The molecule has 1 aliphatic carbocycles. The maximum Gasteiger partial charge on any atom is 0.0406 e. The van der Waals surface area contributed by atoms with Crippen LogP contribution in [0.1, 0.15) is 37.7 Å². The van der Waals surface area contributed by atoms with E-state index in [0.717, 1.165) is 12.4 Å². The zero-order valence-electron chi connectivity index (χ0n) is 11.3. The first-order valence-electron chi connectivity index (χ1n) is 7.37. The van der Waals surface area contributed by atoms with Crippen molar-refractivity contribution in [3.05, 3.63) is 29.8 Å². The Bertz CT molecular complexity index is 404. The van der Waals surface area contributed by atoms with Crippen molar-refractivity contribution in [1.82, 2.24) is 5.32 Å². The van der Waals surface area contributed by atoms with Gasteiger partial charge in [0.15, 0.2) is 0 Å². The van der Waals surface area contributed by atoms with Crippen LogP contribution in [-0.4, -0.2) is 23.2 Å². The van der Waals surface area contributed by atoms with Crippen molar-refractivity contribution >= 4 is 23.4 Å². The standard InChI is InChI=1S/C16H22ClNS/c17-12-16(8-4-1-5-9-16)18-11-14-10-13-6-2-3-7-15(13)19-14/h2-3,6-7,14,18H,1,4-5,8-12H2. The van der Waals surface area contributed by atoms with Gasteiger partial charge < -0.3 is 5.32 Å². The first-order valence-corrected chi connectivity index (χ1v) is 8.78. The summed E-state index contributed by atoms with van der Waals surface area (Å²) in [6.07, 6.45) is 7.74. The van der Waals surface area contributed by atoms with Crippen molar-refractivity contribution in [2.75, 3.05) is 12.4 Å². The van der Waals surface area contributed by atoms with Crippen molar-refractivity contribution in [3.63, 3.8) is 0 Å². The minimum atomic E-state index is 0.217. The molecule has 0 spiro atoms. The monoisotopic (exact) mass is 295 g/mol. The molecule has 2 aliphatic rings. The molecule has 1 unspecified atom stereocenters. The summed E-state index contributed by atoms with van der Waals surface area (Å²) in [5, 5.41) is 4.49. The highest BCUT2D eigenvalue weighted by atomic mass is 35.5. The van der Waals surface area contributed by atoms with Crippen LogP contribution in [0.4, 0.5) is 0 Å². The summed E-state index contributed by atoms with van der Waals surface area (Å²) in [6, 6.07) is 8.80. The van der Waals surface area contributed by atoms with E-state index in [1.807, 2.05) is 11.8 Å². The van der Waals surface area contributed by atoms with E-state index in [4.69, 9.17) is 11.6 Å². The number of fused-ring (bicyclic) bond motifs is 1. The van der Waals surface area contributed by atoms with Crippen LogP contribution < -0.4 is 5.32 Å². The summed E-state index contributed by atoms with van der Waals surface area (Å²) in [7, 11) is 0. The number of thioether (sulfide) groups is 1. The normalized spacial score (nSPS) is 25.2. The van der Waals surface area contributed by atoms with Gasteiger partial charge in [-0.3, -0.25) is 0 Å². The molecule has 19 heavy (non-hydrogen) atoms. The molecule has 1 aliphatic heterocycles. The Morgan fingerprint density at radius 1 is 1.21 bits per heavy atom. The Labute approximate surface area is 125 Å². The Hall–Kier alpha value is -0.180. The predicted molar refractivity (Wildman–Crippen MR) is 84.3 cm³/mol. The zero-order chi connectivity index (χ0) is 13.1. The third-order valence-electron chi connectivity index (χ3n) is 4.49. The van der Waals surface area contributed by atoms with Gasteiger partial charge in [-0.25, -0.2) is 0 Å². The molecule has 1 saturated carbocycles. The predicted octanol–water partition coefficient (Wildman–Crippen LogP) is 4.23. The van der Waals surface area contributed by atoms with Gasteiger partial charge in [0, 0.05) is 28.1 Å². The Kier molecular flexibility index (Phi) is 4.40. The van der Waals surface area contributed by atoms with Crippen molar-refractivity contribution in [1.29, 1.82) is 0 Å². The number of benzene rings is 1. The Morgan fingerprint density at radius 2 is 2.00 bits per heavy atom. The molecule has 1 aromatic rings. The van der Waals surface area contributed by atoms with Gasteiger partial charge in [0.05, 0.1) is 0 Å². The minimum absolute atomic E-state index is 0.217. The van der Waals surface area contributed by atoms with E-state index in [1.54, 1.807) is 0 Å². The van der Waals surface area contributed by atoms with Crippen LogP contribution in [0.15, 0.2) is 29.2 Å². The van der Waals surface area contributed by atoms with Gasteiger partial charge in [0.1, 0.15) is 0 Å². The molecule has 1 heterocycles. The van der Waals surface area contributed by atoms with Crippen molar-refractivity contribution in [2.24, 2.45) is 0 Å².